The van der Waals surface area contributed by atoms with Crippen molar-refractivity contribution in [2.75, 3.05) is 50.3 Å². The van der Waals surface area contributed by atoms with Crippen LogP contribution in [0.5, 0.6) is 11.5 Å². The highest BCUT2D eigenvalue weighted by Gasteiger charge is 2.47. The zero-order chi connectivity index (χ0) is 49.5. The Hall–Kier alpha value is -5.15. The van der Waals surface area contributed by atoms with Crippen LogP contribution >= 0.6 is 12.4 Å². The number of allylic oxidation sites excluding steroid dienone is 2. The number of rotatable bonds is 14. The number of halogens is 1. The van der Waals surface area contributed by atoms with E-state index in [1.54, 1.807) is 53.5 Å². The van der Waals surface area contributed by atoms with Crippen molar-refractivity contribution < 1.29 is 68.4 Å². The molecule has 18 nitrogen and oxygen atoms in total. The van der Waals surface area contributed by atoms with Crippen LogP contribution in [-0.2, 0) is 33.4 Å². The third kappa shape index (κ3) is 16.5. The Morgan fingerprint density at radius 3 is 1.79 bits per heavy atom. The molecule has 372 valence electrons. The van der Waals surface area contributed by atoms with Crippen LogP contribution in [0.2, 0.25) is 0 Å². The lowest BCUT2D eigenvalue weighted by Crippen LogP contribution is -2.57. The Labute approximate surface area is 399 Å². The molecule has 3 amide bonds. The molecule has 3 aliphatic heterocycles. The van der Waals surface area contributed by atoms with Gasteiger partial charge in [0.25, 0.3) is 11.8 Å². The summed E-state index contributed by atoms with van der Waals surface area (Å²) < 4.78 is 26.0. The molecule has 0 saturated carbocycles. The number of nitrogens with zero attached hydrogens (tertiary/aromatic N) is 2. The Balaban J connectivity index is 0.000000379. The minimum Gasteiger partial charge on any atom is -0.489 e. The van der Waals surface area contributed by atoms with E-state index in [0.29, 0.717) is 23.7 Å². The lowest BCUT2D eigenvalue weighted by atomic mass is 9.94. The van der Waals surface area contributed by atoms with Crippen molar-refractivity contribution in [2.24, 2.45) is 16.6 Å². The largest absolute Gasteiger partial charge is 0.489 e. The first-order valence-corrected chi connectivity index (χ1v) is 21.4. The number of hydrogen-bond acceptors (Lipinski definition) is 15. The molecule has 0 spiro atoms. The molecular weight excluding hydrogens is 892 g/mol. The van der Waals surface area contributed by atoms with Gasteiger partial charge in [-0.15, -0.1) is 25.6 Å². The van der Waals surface area contributed by atoms with E-state index in [0.717, 1.165) is 5.69 Å². The number of carbonyl (C=O) groups is 4. The number of aliphatic hydroxyl groups is 5. The monoisotopic (exact) mass is 960 g/mol. The highest BCUT2D eigenvalue weighted by molar-refractivity contribution is 6.02. The van der Waals surface area contributed by atoms with E-state index in [9.17, 15) is 44.7 Å². The number of methoxy groups -OCH3 is 2. The summed E-state index contributed by atoms with van der Waals surface area (Å²) in [5, 5.41) is 53.2. The molecule has 0 unspecified atom stereocenters. The van der Waals surface area contributed by atoms with Crippen molar-refractivity contribution in [3.63, 3.8) is 0 Å². The van der Waals surface area contributed by atoms with Crippen LogP contribution in [0.25, 0.3) is 0 Å². The molecule has 0 aliphatic carbocycles. The van der Waals surface area contributed by atoms with E-state index < -0.39 is 78.7 Å². The van der Waals surface area contributed by atoms with Gasteiger partial charge in [0.2, 0.25) is 5.91 Å². The number of fused-ring (bicyclic) bond motifs is 2. The summed E-state index contributed by atoms with van der Waals surface area (Å²) in [5.41, 5.74) is 6.69. The second-order valence-electron chi connectivity index (χ2n) is 17.8. The van der Waals surface area contributed by atoms with Crippen molar-refractivity contribution in [3.8, 4) is 11.5 Å². The number of cyclic esters (lactones) is 1. The minimum atomic E-state index is -1.75. The van der Waals surface area contributed by atoms with E-state index in [-0.39, 0.29) is 48.9 Å². The van der Waals surface area contributed by atoms with Gasteiger partial charge in [0.15, 0.2) is 18.3 Å². The number of aliphatic hydroxyl groups excluding tert-OH is 5. The highest BCUT2D eigenvalue weighted by Crippen LogP contribution is 2.32. The van der Waals surface area contributed by atoms with Crippen LogP contribution < -0.4 is 30.3 Å². The molecule has 2 aromatic carbocycles. The molecule has 8 N–H and O–H groups in total. The maximum Gasteiger partial charge on any atom is 0.338 e. The van der Waals surface area contributed by atoms with Crippen LogP contribution in [0.15, 0.2) is 98.1 Å². The van der Waals surface area contributed by atoms with E-state index in [1.165, 1.54) is 31.3 Å². The Kier molecular flexibility index (Phi) is 22.9. The zero-order valence-corrected chi connectivity index (χ0v) is 40.2. The second kappa shape index (κ2) is 26.4. The number of amides is 3. The van der Waals surface area contributed by atoms with Crippen LogP contribution in [0.3, 0.4) is 0 Å². The molecule has 10 atom stereocenters. The van der Waals surface area contributed by atoms with Gasteiger partial charge in [-0.3, -0.25) is 14.4 Å². The van der Waals surface area contributed by atoms with Crippen LogP contribution in [0.1, 0.15) is 41.5 Å². The third-order valence-electron chi connectivity index (χ3n) is 10.1. The predicted molar refractivity (Wildman–Crippen MR) is 255 cm³/mol. The van der Waals surface area contributed by atoms with Gasteiger partial charge in [-0.1, -0.05) is 102 Å². The normalized spacial score (nSPS) is 22.8. The van der Waals surface area contributed by atoms with Crippen LogP contribution in [0, 0.1) is 10.8 Å². The Morgan fingerprint density at radius 2 is 1.31 bits per heavy atom. The Morgan fingerprint density at radius 1 is 0.821 bits per heavy atom. The number of benzene rings is 2. The first-order valence-electron chi connectivity index (χ1n) is 21.4. The molecular formula is C48H69ClN4O14. The SMILES string of the molecule is C=CCN1C(=O)[C@@H](N)COc2ccccc21.C=CCN1C(=O)[C@@H](NC(=O)[C@H](OC)[C@H](O)[C@@H](O)[C@H](O)/C=C/C(C)(C)C)COc2ccccc21.CO[C@H]1C(=O)O[C@@H]([C@H](O)/C=C/C(C)(C)C)[C@H]1O.Cl. The molecule has 1 saturated heterocycles. The molecule has 19 heteroatoms. The predicted octanol–water partition coefficient (Wildman–Crippen LogP) is 2.38. The van der Waals surface area contributed by atoms with Gasteiger partial charge in [0.05, 0.1) is 11.4 Å². The summed E-state index contributed by atoms with van der Waals surface area (Å²) >= 11 is 0. The minimum absolute atomic E-state index is 0. The smallest absolute Gasteiger partial charge is 0.338 e. The van der Waals surface area contributed by atoms with Crippen molar-refractivity contribution in [3.05, 3.63) is 98.1 Å². The zero-order valence-electron chi connectivity index (χ0n) is 39.4. The molecule has 3 aliphatic rings. The quantitative estimate of drug-likeness (QED) is 0.106. The van der Waals surface area contributed by atoms with E-state index >= 15 is 0 Å². The lowest BCUT2D eigenvalue weighted by molar-refractivity contribution is -0.151. The average Bonchev–Trinajstić information content (AvgIpc) is 3.42. The number of anilines is 2. The maximum atomic E-state index is 13.1. The number of para-hydroxylation sites is 4. The fourth-order valence-electron chi connectivity index (χ4n) is 6.59. The van der Waals surface area contributed by atoms with Crippen molar-refractivity contribution in [1.82, 2.24) is 5.32 Å². The first kappa shape index (κ1) is 58.0. The number of esters is 1. The summed E-state index contributed by atoms with van der Waals surface area (Å²) in [5.74, 6) is -0.866. The standard InChI is InChI=1S/C24H34N2O7.C12H14N2O2.C12H20O5.ClH/c1-6-13-26-16-9-7-8-10-18(16)33-14-15(23(26)31)25-22(30)21(32-5)20(29)19(28)17(27)11-12-24(2,3)4;1-2-7-14-10-5-3-4-6-11(10)16-8-9(13)12(14)15;1-12(2,3)6-5-7(13)9-8(14)10(16-4)11(15)17-9;/h6-12,15,17,19-21,27-29H,1,13-14H2,2-5H3,(H,25,30);2-6,9H,1,7-8,13H2;5-10,13-14H,1-4H3;1H/b12-11+;;6-5+;/t15-,17+,19-,20+,21+;9-;7-,8-,9+,10-;/m001./s1. The summed E-state index contributed by atoms with van der Waals surface area (Å²) in [4.78, 5) is 52.3. The van der Waals surface area contributed by atoms with Crippen molar-refractivity contribution in [2.45, 2.75) is 102 Å². The summed E-state index contributed by atoms with van der Waals surface area (Å²) in [6.07, 6.45) is -0.972. The molecule has 0 aromatic heterocycles. The molecule has 0 radical (unpaired) electrons. The average molecular weight is 962 g/mol. The van der Waals surface area contributed by atoms with Crippen molar-refractivity contribution >= 4 is 47.5 Å². The highest BCUT2D eigenvalue weighted by atomic mass is 35.5. The van der Waals surface area contributed by atoms with Crippen molar-refractivity contribution in [1.29, 1.82) is 0 Å². The van der Waals surface area contributed by atoms with Gasteiger partial charge in [0.1, 0.15) is 67.3 Å². The van der Waals surface area contributed by atoms with E-state index in [4.69, 9.17) is 29.4 Å². The number of nitrogens with two attached hydrogens (primary N) is 1. The van der Waals surface area contributed by atoms with Gasteiger partial charge < -0.3 is 70.1 Å². The van der Waals surface area contributed by atoms with E-state index in [2.05, 4.69) is 18.5 Å². The van der Waals surface area contributed by atoms with Gasteiger partial charge in [-0.2, -0.15) is 0 Å². The molecule has 2 aromatic rings. The summed E-state index contributed by atoms with van der Waals surface area (Å²) in [6, 6.07) is 12.7. The molecule has 5 rings (SSSR count). The van der Waals surface area contributed by atoms with Gasteiger partial charge in [-0.05, 0) is 35.1 Å². The summed E-state index contributed by atoms with van der Waals surface area (Å²) in [7, 11) is 2.50. The number of hydrogen-bond donors (Lipinski definition) is 7. The molecule has 67 heavy (non-hydrogen) atoms. The summed E-state index contributed by atoms with van der Waals surface area (Å²) in [6.45, 7) is 19.7. The van der Waals surface area contributed by atoms with E-state index in [1.807, 2.05) is 65.8 Å². The van der Waals surface area contributed by atoms with Crippen LogP contribution in [0.4, 0.5) is 11.4 Å². The molecule has 3 heterocycles. The first-order chi connectivity index (χ1) is 31.0. The van der Waals surface area contributed by atoms with Crippen LogP contribution in [-0.4, -0.2) is 151 Å². The second-order valence-corrected chi connectivity index (χ2v) is 17.8. The van der Waals surface area contributed by atoms with Gasteiger partial charge >= 0.3 is 5.97 Å². The Bertz CT molecular complexity index is 2020. The lowest BCUT2D eigenvalue weighted by Gasteiger charge is -2.29. The number of carbonyl (C=O) groups excluding carboxylic acids is 4. The third-order valence-corrected chi connectivity index (χ3v) is 10.1. The molecule has 1 fully saturated rings. The number of ether oxygens (including phenoxy) is 5. The fraction of sp³-hybridized carbons (Fsp3) is 0.500. The van der Waals surface area contributed by atoms with Gasteiger partial charge in [0, 0.05) is 27.3 Å². The molecule has 0 bridgehead atoms. The topological polar surface area (TPSA) is 260 Å². The maximum absolute atomic E-state index is 13.1. The fourth-order valence-corrected chi connectivity index (χ4v) is 6.59. The van der Waals surface area contributed by atoms with Gasteiger partial charge in [-0.25, -0.2) is 4.79 Å². The number of nitrogens with one attached hydrogen (secondary N) is 1.